The Kier molecular flexibility index (Phi) is 5.13. The minimum Gasteiger partial charge on any atom is -0.288 e. The van der Waals surface area contributed by atoms with Crippen LogP contribution in [-0.2, 0) is 10.1 Å². The molecule has 1 heterocycles. The molecule has 0 atom stereocenters. The van der Waals surface area contributed by atoms with Crippen molar-refractivity contribution in [3.63, 3.8) is 0 Å². The van der Waals surface area contributed by atoms with Gasteiger partial charge in [-0.05, 0) is 36.4 Å². The van der Waals surface area contributed by atoms with Crippen molar-refractivity contribution in [2.75, 3.05) is 0 Å². The van der Waals surface area contributed by atoms with Gasteiger partial charge in [-0.3, -0.25) is 14.4 Å². The molecule has 150 valence electrons. The predicted molar refractivity (Wildman–Crippen MR) is 112 cm³/mol. The average Bonchev–Trinajstić information content (AvgIpc) is 3.09. The van der Waals surface area contributed by atoms with E-state index in [9.17, 15) is 13.2 Å². The van der Waals surface area contributed by atoms with Gasteiger partial charge in [0.25, 0.3) is 15.7 Å². The Morgan fingerprint density at radius 2 is 1.40 bits per heavy atom. The normalized spacial score (nSPS) is 11.8. The molecule has 0 fully saturated rings. The number of azo groups is 1. The Hall–Kier alpha value is -3.82. The first kappa shape index (κ1) is 19.5. The average molecular weight is 420 g/mol. The first-order chi connectivity index (χ1) is 14.4. The monoisotopic (exact) mass is 420 g/mol. The van der Waals surface area contributed by atoms with Crippen LogP contribution in [0.25, 0.3) is 16.9 Å². The van der Waals surface area contributed by atoms with Crippen molar-refractivity contribution in [2.24, 2.45) is 10.2 Å². The lowest BCUT2D eigenvalue weighted by Gasteiger charge is -2.01. The molecule has 2 N–H and O–H groups in total. The minimum atomic E-state index is -4.29. The molecule has 0 unspecified atom stereocenters. The van der Waals surface area contributed by atoms with Crippen molar-refractivity contribution in [3.05, 3.63) is 95.3 Å². The number of hydrogen-bond donors (Lipinski definition) is 2. The fourth-order valence-electron chi connectivity index (χ4n) is 2.88. The van der Waals surface area contributed by atoms with Crippen LogP contribution < -0.4 is 5.56 Å². The van der Waals surface area contributed by atoms with E-state index in [0.717, 1.165) is 5.56 Å². The van der Waals surface area contributed by atoms with Crippen molar-refractivity contribution >= 4 is 21.5 Å². The van der Waals surface area contributed by atoms with Gasteiger partial charge in [0.15, 0.2) is 5.69 Å². The van der Waals surface area contributed by atoms with Gasteiger partial charge in [0.2, 0.25) is 0 Å². The van der Waals surface area contributed by atoms with E-state index in [1.165, 1.54) is 28.9 Å². The smallest absolute Gasteiger partial charge is 0.288 e. The third kappa shape index (κ3) is 3.97. The highest BCUT2D eigenvalue weighted by molar-refractivity contribution is 7.85. The van der Waals surface area contributed by atoms with E-state index in [-0.39, 0.29) is 16.1 Å². The second kappa shape index (κ2) is 7.90. The molecule has 0 saturated heterocycles. The summed E-state index contributed by atoms with van der Waals surface area (Å²) in [5.74, 6) is 0. The van der Waals surface area contributed by atoms with Gasteiger partial charge in [0, 0.05) is 5.56 Å². The van der Waals surface area contributed by atoms with Crippen molar-refractivity contribution in [2.45, 2.75) is 4.90 Å². The van der Waals surface area contributed by atoms with Gasteiger partial charge >= 0.3 is 0 Å². The minimum absolute atomic E-state index is 0.115. The fourth-order valence-corrected chi connectivity index (χ4v) is 3.36. The second-order valence-electron chi connectivity index (χ2n) is 6.35. The Balaban J connectivity index is 1.79. The van der Waals surface area contributed by atoms with Gasteiger partial charge in [-0.1, -0.05) is 48.5 Å². The predicted octanol–water partition coefficient (Wildman–Crippen LogP) is 4.49. The van der Waals surface area contributed by atoms with Crippen LogP contribution in [0.2, 0.25) is 0 Å². The van der Waals surface area contributed by atoms with Gasteiger partial charge < -0.3 is 0 Å². The number of para-hydroxylation sites is 1. The highest BCUT2D eigenvalue weighted by Gasteiger charge is 2.17. The number of nitrogens with one attached hydrogen (secondary N) is 1. The number of H-pyrrole nitrogens is 1. The van der Waals surface area contributed by atoms with Gasteiger partial charge in [0.05, 0.1) is 22.0 Å². The van der Waals surface area contributed by atoms with Crippen molar-refractivity contribution in [3.8, 4) is 16.9 Å². The molecule has 0 amide bonds. The van der Waals surface area contributed by atoms with Crippen LogP contribution in [0.5, 0.6) is 0 Å². The van der Waals surface area contributed by atoms with Crippen LogP contribution in [0.15, 0.2) is 105 Å². The summed E-state index contributed by atoms with van der Waals surface area (Å²) < 4.78 is 32.8. The first-order valence-electron chi connectivity index (χ1n) is 8.88. The van der Waals surface area contributed by atoms with Crippen LogP contribution >= 0.6 is 0 Å². The largest absolute Gasteiger partial charge is 0.299 e. The molecule has 0 spiro atoms. The van der Waals surface area contributed by atoms with Gasteiger partial charge in [-0.2, -0.15) is 13.5 Å². The maximum absolute atomic E-state index is 13.0. The maximum Gasteiger partial charge on any atom is 0.299 e. The molecule has 4 rings (SSSR count). The molecule has 1 aromatic heterocycles. The molecule has 0 saturated carbocycles. The zero-order valence-corrected chi connectivity index (χ0v) is 16.3. The van der Waals surface area contributed by atoms with E-state index < -0.39 is 10.1 Å². The summed E-state index contributed by atoms with van der Waals surface area (Å²) in [5, 5.41) is 11.3. The molecule has 0 aliphatic carbocycles. The third-order valence-electron chi connectivity index (χ3n) is 4.34. The molecule has 0 aliphatic rings. The summed E-state index contributed by atoms with van der Waals surface area (Å²) >= 11 is 0. The van der Waals surface area contributed by atoms with Crippen LogP contribution in [0.3, 0.4) is 0 Å². The summed E-state index contributed by atoms with van der Waals surface area (Å²) in [4.78, 5) is 12.8. The van der Waals surface area contributed by atoms with Crippen molar-refractivity contribution < 1.29 is 13.0 Å². The van der Waals surface area contributed by atoms with Gasteiger partial charge in [0.1, 0.15) is 0 Å². The third-order valence-corrected chi connectivity index (χ3v) is 5.21. The van der Waals surface area contributed by atoms with Crippen molar-refractivity contribution in [1.82, 2.24) is 9.78 Å². The second-order valence-corrected chi connectivity index (χ2v) is 7.77. The molecule has 0 bridgehead atoms. The molecule has 0 radical (unpaired) electrons. The lowest BCUT2D eigenvalue weighted by atomic mass is 10.1. The van der Waals surface area contributed by atoms with E-state index >= 15 is 0 Å². The lowest BCUT2D eigenvalue weighted by molar-refractivity contribution is 0.483. The van der Waals surface area contributed by atoms with Crippen LogP contribution in [0.4, 0.5) is 11.4 Å². The van der Waals surface area contributed by atoms with E-state index in [4.69, 9.17) is 4.55 Å². The quantitative estimate of drug-likeness (QED) is 0.365. The standard InChI is InChI=1S/C21H16N4O4S/c26-21-20(23-22-16-11-13-18(14-12-16)30(27,28)29)19(15-7-3-1-4-8-15)24-25(21)17-9-5-2-6-10-17/h1-14,24H,(H,27,28,29). The zero-order valence-electron chi connectivity index (χ0n) is 15.5. The van der Waals surface area contributed by atoms with Crippen LogP contribution in [-0.4, -0.2) is 22.8 Å². The summed E-state index contributed by atoms with van der Waals surface area (Å²) in [6.45, 7) is 0. The molecular formula is C21H16N4O4S. The summed E-state index contributed by atoms with van der Waals surface area (Å²) in [5.41, 5.74) is 1.98. The molecular weight excluding hydrogens is 404 g/mol. The lowest BCUT2D eigenvalue weighted by Crippen LogP contribution is -2.13. The van der Waals surface area contributed by atoms with E-state index in [1.807, 2.05) is 48.5 Å². The summed E-state index contributed by atoms with van der Waals surface area (Å²) in [6, 6.07) is 23.5. The molecule has 4 aromatic rings. The zero-order chi connectivity index (χ0) is 21.1. The van der Waals surface area contributed by atoms with E-state index in [1.54, 1.807) is 12.1 Å². The first-order valence-corrected chi connectivity index (χ1v) is 10.3. The van der Waals surface area contributed by atoms with Crippen LogP contribution in [0.1, 0.15) is 0 Å². The van der Waals surface area contributed by atoms with Gasteiger partial charge in [-0.25, -0.2) is 4.68 Å². The Labute approximate surface area is 171 Å². The molecule has 9 heteroatoms. The highest BCUT2D eigenvalue weighted by Crippen LogP contribution is 2.28. The number of rotatable bonds is 5. The Bertz CT molecular complexity index is 1360. The maximum atomic E-state index is 13.0. The molecule has 0 aliphatic heterocycles. The van der Waals surface area contributed by atoms with E-state index in [0.29, 0.717) is 17.1 Å². The number of hydrogen-bond acceptors (Lipinski definition) is 5. The summed E-state index contributed by atoms with van der Waals surface area (Å²) in [7, 11) is -4.29. The Morgan fingerprint density at radius 1 is 0.800 bits per heavy atom. The topological polar surface area (TPSA) is 117 Å². The molecule has 3 aromatic carbocycles. The number of nitrogens with zero attached hydrogens (tertiary/aromatic N) is 3. The number of aromatic nitrogens is 2. The van der Waals surface area contributed by atoms with Crippen LogP contribution in [0, 0.1) is 0 Å². The SMILES string of the molecule is O=c1c(N=Nc2ccc(S(=O)(=O)O)cc2)c(-c2ccccc2)[nH]n1-c1ccccc1. The summed E-state index contributed by atoms with van der Waals surface area (Å²) in [6.07, 6.45) is 0. The number of benzene rings is 3. The van der Waals surface area contributed by atoms with E-state index in [2.05, 4.69) is 15.3 Å². The molecule has 8 nitrogen and oxygen atoms in total. The highest BCUT2D eigenvalue weighted by atomic mass is 32.2. The molecule has 30 heavy (non-hydrogen) atoms. The van der Waals surface area contributed by atoms with Gasteiger partial charge in [-0.15, -0.1) is 5.11 Å². The Morgan fingerprint density at radius 3 is 2.00 bits per heavy atom. The van der Waals surface area contributed by atoms with Crippen molar-refractivity contribution in [1.29, 1.82) is 0 Å². The fraction of sp³-hybridized carbons (Fsp3) is 0. The number of aromatic amines is 1.